The van der Waals surface area contributed by atoms with Gasteiger partial charge in [0, 0.05) is 33.9 Å². The van der Waals surface area contributed by atoms with E-state index in [9.17, 15) is 0 Å². The van der Waals surface area contributed by atoms with E-state index in [1.807, 2.05) is 11.8 Å². The van der Waals surface area contributed by atoms with Crippen molar-refractivity contribution in [2.75, 3.05) is 0 Å². The van der Waals surface area contributed by atoms with E-state index in [0.717, 1.165) is 16.8 Å². The number of aryl methyl sites for hydroxylation is 1. The Hall–Kier alpha value is -0.410. The van der Waals surface area contributed by atoms with Gasteiger partial charge >= 0.3 is 0 Å². The molecule has 0 aliphatic heterocycles. The second kappa shape index (κ2) is 5.49. The Bertz CT molecular complexity index is 516. The molecule has 0 spiro atoms. The minimum Gasteiger partial charge on any atom is -0.347 e. The summed E-state index contributed by atoms with van der Waals surface area (Å²) in [6.45, 7) is 7.73. The summed E-state index contributed by atoms with van der Waals surface area (Å²) in [7, 11) is 0. The molecule has 1 aromatic carbocycles. The topological polar surface area (TPSA) is 4.93 Å². The van der Waals surface area contributed by atoms with Crippen LogP contribution in [-0.2, 0) is 12.3 Å². The lowest BCUT2D eigenvalue weighted by Gasteiger charge is -2.03. The molecule has 0 aliphatic rings. The highest BCUT2D eigenvalue weighted by molar-refractivity contribution is 9.10. The quantitative estimate of drug-likeness (QED) is 0.763. The predicted molar refractivity (Wildman–Crippen MR) is 81.7 cm³/mol. The standard InChI is InChI=1S/C14H18BrNS/c1-4-16-8-11(9-17-10(2)3)13-7-12(15)5-6-14(13)16/h5-8,10H,4,9H2,1-3H3. The summed E-state index contributed by atoms with van der Waals surface area (Å²) >= 11 is 5.56. The highest BCUT2D eigenvalue weighted by atomic mass is 79.9. The van der Waals surface area contributed by atoms with Crippen LogP contribution in [0.2, 0.25) is 0 Å². The van der Waals surface area contributed by atoms with E-state index >= 15 is 0 Å². The highest BCUT2D eigenvalue weighted by Crippen LogP contribution is 2.29. The number of rotatable bonds is 4. The molecule has 3 heteroatoms. The van der Waals surface area contributed by atoms with Gasteiger partial charge in [0.15, 0.2) is 0 Å². The van der Waals surface area contributed by atoms with Crippen molar-refractivity contribution in [1.82, 2.24) is 4.57 Å². The van der Waals surface area contributed by atoms with Gasteiger partial charge in [0.2, 0.25) is 0 Å². The Balaban J connectivity index is 2.43. The minimum atomic E-state index is 0.683. The van der Waals surface area contributed by atoms with Gasteiger partial charge in [-0.25, -0.2) is 0 Å². The number of hydrogen-bond donors (Lipinski definition) is 0. The first-order valence-corrected chi connectivity index (χ1v) is 7.85. The largest absolute Gasteiger partial charge is 0.347 e. The predicted octanol–water partition coefficient (Wildman–Crippen LogP) is 5.07. The van der Waals surface area contributed by atoms with Crippen molar-refractivity contribution in [2.24, 2.45) is 0 Å². The Labute approximate surface area is 116 Å². The fraction of sp³-hybridized carbons (Fsp3) is 0.429. The summed E-state index contributed by atoms with van der Waals surface area (Å²) in [6.07, 6.45) is 2.30. The Morgan fingerprint density at radius 3 is 2.76 bits per heavy atom. The zero-order valence-electron chi connectivity index (χ0n) is 10.5. The second-order valence-electron chi connectivity index (χ2n) is 4.46. The lowest BCUT2D eigenvalue weighted by molar-refractivity contribution is 0.795. The van der Waals surface area contributed by atoms with E-state index in [1.54, 1.807) is 0 Å². The van der Waals surface area contributed by atoms with Gasteiger partial charge in [0.05, 0.1) is 0 Å². The number of aromatic nitrogens is 1. The molecule has 0 N–H and O–H groups in total. The summed E-state index contributed by atoms with van der Waals surface area (Å²) in [4.78, 5) is 0. The molecule has 0 amide bonds. The van der Waals surface area contributed by atoms with Crippen molar-refractivity contribution < 1.29 is 0 Å². The zero-order chi connectivity index (χ0) is 12.4. The van der Waals surface area contributed by atoms with Crippen LogP contribution in [0.3, 0.4) is 0 Å². The average molecular weight is 312 g/mol. The molecule has 92 valence electrons. The molecule has 0 fully saturated rings. The van der Waals surface area contributed by atoms with E-state index in [2.05, 4.69) is 65.7 Å². The van der Waals surface area contributed by atoms with Crippen LogP contribution in [0.1, 0.15) is 26.3 Å². The van der Waals surface area contributed by atoms with Gasteiger partial charge in [-0.3, -0.25) is 0 Å². The third-order valence-electron chi connectivity index (χ3n) is 2.84. The number of benzene rings is 1. The molecule has 0 atom stereocenters. The molecule has 2 rings (SSSR count). The Kier molecular flexibility index (Phi) is 4.21. The van der Waals surface area contributed by atoms with Crippen LogP contribution in [-0.4, -0.2) is 9.82 Å². The van der Waals surface area contributed by atoms with Crippen molar-refractivity contribution in [3.05, 3.63) is 34.4 Å². The van der Waals surface area contributed by atoms with Gasteiger partial charge in [-0.15, -0.1) is 0 Å². The first-order chi connectivity index (χ1) is 8.11. The fourth-order valence-electron chi connectivity index (χ4n) is 1.98. The summed E-state index contributed by atoms with van der Waals surface area (Å²) in [5.41, 5.74) is 2.79. The molecule has 1 aromatic heterocycles. The van der Waals surface area contributed by atoms with Crippen molar-refractivity contribution in [1.29, 1.82) is 0 Å². The number of halogens is 1. The summed E-state index contributed by atoms with van der Waals surface area (Å²) in [5, 5.41) is 2.07. The minimum absolute atomic E-state index is 0.683. The SMILES string of the molecule is CCn1cc(CSC(C)C)c2cc(Br)ccc21. The van der Waals surface area contributed by atoms with Crippen molar-refractivity contribution in [3.63, 3.8) is 0 Å². The number of nitrogens with zero attached hydrogens (tertiary/aromatic N) is 1. The molecule has 0 radical (unpaired) electrons. The van der Waals surface area contributed by atoms with E-state index in [-0.39, 0.29) is 0 Å². The molecule has 17 heavy (non-hydrogen) atoms. The number of hydrogen-bond acceptors (Lipinski definition) is 1. The fourth-order valence-corrected chi connectivity index (χ4v) is 3.08. The molecule has 0 bridgehead atoms. The maximum Gasteiger partial charge on any atom is 0.0484 e. The third kappa shape index (κ3) is 2.89. The Morgan fingerprint density at radius 1 is 1.35 bits per heavy atom. The normalized spacial score (nSPS) is 11.6. The first kappa shape index (κ1) is 13.0. The maximum absolute atomic E-state index is 3.56. The van der Waals surface area contributed by atoms with Gasteiger partial charge in [-0.2, -0.15) is 11.8 Å². The van der Waals surface area contributed by atoms with Crippen LogP contribution >= 0.6 is 27.7 Å². The van der Waals surface area contributed by atoms with Gasteiger partial charge in [0.25, 0.3) is 0 Å². The van der Waals surface area contributed by atoms with Crippen LogP contribution in [0, 0.1) is 0 Å². The van der Waals surface area contributed by atoms with E-state index in [1.165, 1.54) is 16.5 Å². The molecular weight excluding hydrogens is 294 g/mol. The maximum atomic E-state index is 3.56. The third-order valence-corrected chi connectivity index (χ3v) is 4.48. The van der Waals surface area contributed by atoms with Crippen LogP contribution in [0.5, 0.6) is 0 Å². The van der Waals surface area contributed by atoms with Crippen molar-refractivity contribution in [3.8, 4) is 0 Å². The molecule has 0 unspecified atom stereocenters. The Morgan fingerprint density at radius 2 is 2.12 bits per heavy atom. The number of thioether (sulfide) groups is 1. The smallest absolute Gasteiger partial charge is 0.0484 e. The van der Waals surface area contributed by atoms with Crippen LogP contribution in [0.4, 0.5) is 0 Å². The molecule has 2 aromatic rings. The monoisotopic (exact) mass is 311 g/mol. The first-order valence-electron chi connectivity index (χ1n) is 6.00. The summed E-state index contributed by atoms with van der Waals surface area (Å²) in [6, 6.07) is 6.55. The zero-order valence-corrected chi connectivity index (χ0v) is 12.9. The summed E-state index contributed by atoms with van der Waals surface area (Å²) in [5.74, 6) is 1.09. The number of fused-ring (bicyclic) bond motifs is 1. The van der Waals surface area contributed by atoms with Gasteiger partial charge in [-0.1, -0.05) is 29.8 Å². The van der Waals surface area contributed by atoms with Crippen LogP contribution in [0.25, 0.3) is 10.9 Å². The van der Waals surface area contributed by atoms with Crippen molar-refractivity contribution >= 4 is 38.6 Å². The van der Waals surface area contributed by atoms with Gasteiger partial charge in [0.1, 0.15) is 0 Å². The van der Waals surface area contributed by atoms with Crippen LogP contribution in [0.15, 0.2) is 28.9 Å². The molecule has 1 heterocycles. The molecule has 0 aliphatic carbocycles. The van der Waals surface area contributed by atoms with Gasteiger partial charge < -0.3 is 4.57 Å². The van der Waals surface area contributed by atoms with Crippen LogP contribution < -0.4 is 0 Å². The summed E-state index contributed by atoms with van der Waals surface area (Å²) < 4.78 is 3.49. The molecular formula is C14H18BrNS. The lowest BCUT2D eigenvalue weighted by Crippen LogP contribution is -1.90. The van der Waals surface area contributed by atoms with E-state index in [4.69, 9.17) is 0 Å². The van der Waals surface area contributed by atoms with E-state index < -0.39 is 0 Å². The average Bonchev–Trinajstić information content (AvgIpc) is 2.63. The lowest BCUT2D eigenvalue weighted by atomic mass is 10.2. The van der Waals surface area contributed by atoms with Crippen molar-refractivity contribution in [2.45, 2.75) is 38.3 Å². The second-order valence-corrected chi connectivity index (χ2v) is 6.94. The molecule has 1 nitrogen and oxygen atoms in total. The van der Waals surface area contributed by atoms with E-state index in [0.29, 0.717) is 5.25 Å². The highest BCUT2D eigenvalue weighted by Gasteiger charge is 2.08. The van der Waals surface area contributed by atoms with Gasteiger partial charge in [-0.05, 0) is 35.9 Å². The molecule has 0 saturated carbocycles. The molecule has 0 saturated heterocycles.